The predicted octanol–water partition coefficient (Wildman–Crippen LogP) is 1.62. The number of hydrogen-bond donors (Lipinski definition) is 0. The first-order valence-corrected chi connectivity index (χ1v) is 4.94. The largest absolute Gasteiger partial charge is 0.466 e. The summed E-state index contributed by atoms with van der Waals surface area (Å²) in [7, 11) is 2.57. The Morgan fingerprint density at radius 2 is 1.69 bits per heavy atom. The van der Waals surface area contributed by atoms with E-state index in [0.717, 1.165) is 0 Å². The van der Waals surface area contributed by atoms with Gasteiger partial charge in [0.1, 0.15) is 0 Å². The topological polar surface area (TPSA) is 52.6 Å². The van der Waals surface area contributed by atoms with Gasteiger partial charge in [-0.15, -0.1) is 0 Å². The second kappa shape index (κ2) is 4.12. The zero-order valence-electron chi connectivity index (χ0n) is 10.0. The van der Waals surface area contributed by atoms with Crippen LogP contribution < -0.4 is 0 Å². The summed E-state index contributed by atoms with van der Waals surface area (Å²) in [4.78, 5) is 23.1. The third kappa shape index (κ3) is 1.87. The highest BCUT2D eigenvalue weighted by atomic mass is 16.5. The summed E-state index contributed by atoms with van der Waals surface area (Å²) in [5.41, 5.74) is 0.927. The molecule has 0 spiro atoms. The molecule has 16 heavy (non-hydrogen) atoms. The molecule has 1 aliphatic carbocycles. The predicted molar refractivity (Wildman–Crippen MR) is 58.6 cm³/mol. The Bertz CT molecular complexity index is 388. The first kappa shape index (κ1) is 12.5. The highest BCUT2D eigenvalue weighted by Gasteiger charge is 2.41. The van der Waals surface area contributed by atoms with Crippen molar-refractivity contribution >= 4 is 11.9 Å². The highest BCUT2D eigenvalue weighted by Crippen LogP contribution is 2.45. The van der Waals surface area contributed by atoms with Gasteiger partial charge in [0, 0.05) is 0 Å². The number of methoxy groups -OCH3 is 2. The zero-order chi connectivity index (χ0) is 12.5. The van der Waals surface area contributed by atoms with Gasteiger partial charge in [0.15, 0.2) is 0 Å². The molecule has 0 heterocycles. The third-order valence-corrected chi connectivity index (χ3v) is 2.86. The molecule has 1 aliphatic rings. The van der Waals surface area contributed by atoms with Crippen molar-refractivity contribution in [3.63, 3.8) is 0 Å². The number of carbonyl (C=O) groups excluding carboxylic acids is 2. The van der Waals surface area contributed by atoms with Crippen LogP contribution in [0.15, 0.2) is 23.3 Å². The number of carbonyl (C=O) groups is 2. The molecule has 0 N–H and O–H groups in total. The molecule has 0 radical (unpaired) electrons. The first-order valence-electron chi connectivity index (χ1n) is 4.94. The van der Waals surface area contributed by atoms with Crippen LogP contribution in [-0.4, -0.2) is 26.2 Å². The van der Waals surface area contributed by atoms with Crippen molar-refractivity contribution in [3.05, 3.63) is 23.3 Å². The van der Waals surface area contributed by atoms with E-state index in [0.29, 0.717) is 17.6 Å². The van der Waals surface area contributed by atoms with Crippen molar-refractivity contribution in [2.24, 2.45) is 5.41 Å². The zero-order valence-corrected chi connectivity index (χ0v) is 10.0. The Kier molecular flexibility index (Phi) is 3.21. The summed E-state index contributed by atoms with van der Waals surface area (Å²) in [6.07, 6.45) is 0.447. The summed E-state index contributed by atoms with van der Waals surface area (Å²) in [5.74, 6) is -1.02. The van der Waals surface area contributed by atoms with Gasteiger partial charge in [-0.25, -0.2) is 9.59 Å². The van der Waals surface area contributed by atoms with Crippen molar-refractivity contribution in [2.75, 3.05) is 14.2 Å². The lowest BCUT2D eigenvalue weighted by Crippen LogP contribution is -2.13. The fourth-order valence-electron chi connectivity index (χ4n) is 1.80. The molecule has 0 aromatic heterocycles. The third-order valence-electron chi connectivity index (χ3n) is 2.86. The van der Waals surface area contributed by atoms with E-state index in [1.54, 1.807) is 0 Å². The summed E-state index contributed by atoms with van der Waals surface area (Å²) < 4.78 is 9.31. The average Bonchev–Trinajstić information content (AvgIpc) is 2.48. The van der Waals surface area contributed by atoms with Crippen LogP contribution in [0.3, 0.4) is 0 Å². The lowest BCUT2D eigenvalue weighted by atomic mass is 9.85. The van der Waals surface area contributed by atoms with Crippen LogP contribution in [0.4, 0.5) is 0 Å². The van der Waals surface area contributed by atoms with Gasteiger partial charge in [-0.3, -0.25) is 0 Å². The fourth-order valence-corrected chi connectivity index (χ4v) is 1.80. The van der Waals surface area contributed by atoms with Crippen LogP contribution in [0.5, 0.6) is 0 Å². The van der Waals surface area contributed by atoms with Gasteiger partial charge in [0.05, 0.1) is 25.4 Å². The van der Waals surface area contributed by atoms with Crippen LogP contribution >= 0.6 is 0 Å². The summed E-state index contributed by atoms with van der Waals surface area (Å²) in [6.45, 7) is 7.71. The minimum atomic E-state index is -0.532. The summed E-state index contributed by atoms with van der Waals surface area (Å²) >= 11 is 0. The Morgan fingerprint density at radius 3 is 2.12 bits per heavy atom. The van der Waals surface area contributed by atoms with E-state index in [1.807, 2.05) is 13.8 Å². The lowest BCUT2D eigenvalue weighted by Gasteiger charge is -2.19. The van der Waals surface area contributed by atoms with Gasteiger partial charge < -0.3 is 9.47 Å². The van der Waals surface area contributed by atoms with E-state index in [-0.39, 0.29) is 11.0 Å². The first-order chi connectivity index (χ1) is 7.35. The van der Waals surface area contributed by atoms with E-state index in [4.69, 9.17) is 0 Å². The fraction of sp³-hybridized carbons (Fsp3) is 0.500. The molecule has 0 aliphatic heterocycles. The molecule has 4 nitrogen and oxygen atoms in total. The number of rotatable bonds is 2. The van der Waals surface area contributed by atoms with Gasteiger partial charge in [-0.2, -0.15) is 0 Å². The van der Waals surface area contributed by atoms with Gasteiger partial charge in [0.25, 0.3) is 0 Å². The SMILES string of the molecule is C=C1C(C(=O)OC)=C(C(=O)OC)CC1(C)C. The van der Waals surface area contributed by atoms with E-state index in [1.165, 1.54) is 14.2 Å². The van der Waals surface area contributed by atoms with E-state index >= 15 is 0 Å². The average molecular weight is 224 g/mol. The maximum absolute atomic E-state index is 11.6. The molecule has 4 heteroatoms. The molecule has 0 aromatic carbocycles. The molecule has 0 unspecified atom stereocenters. The molecule has 0 saturated carbocycles. The van der Waals surface area contributed by atoms with E-state index < -0.39 is 11.9 Å². The van der Waals surface area contributed by atoms with Crippen LogP contribution in [0, 0.1) is 5.41 Å². The minimum absolute atomic E-state index is 0.263. The number of ether oxygens (including phenoxy) is 2. The summed E-state index contributed by atoms with van der Waals surface area (Å²) in [5, 5.41) is 0. The quantitative estimate of drug-likeness (QED) is 0.669. The lowest BCUT2D eigenvalue weighted by molar-refractivity contribution is -0.139. The van der Waals surface area contributed by atoms with Crippen molar-refractivity contribution in [3.8, 4) is 0 Å². The van der Waals surface area contributed by atoms with Gasteiger partial charge in [0.2, 0.25) is 0 Å². The smallest absolute Gasteiger partial charge is 0.338 e. The minimum Gasteiger partial charge on any atom is -0.466 e. The van der Waals surface area contributed by atoms with Crippen LogP contribution in [0.1, 0.15) is 20.3 Å². The standard InChI is InChI=1S/C12H16O4/c1-7-9(11(14)16-5)8(10(13)15-4)6-12(7,2)3/h1,6H2,2-5H3. The van der Waals surface area contributed by atoms with Gasteiger partial charge >= 0.3 is 11.9 Å². The van der Waals surface area contributed by atoms with Crippen LogP contribution in [-0.2, 0) is 19.1 Å². The second-order valence-corrected chi connectivity index (χ2v) is 4.38. The van der Waals surface area contributed by atoms with Gasteiger partial charge in [-0.1, -0.05) is 20.4 Å². The van der Waals surface area contributed by atoms with E-state index in [9.17, 15) is 9.59 Å². The Morgan fingerprint density at radius 1 is 1.19 bits per heavy atom. The molecule has 0 amide bonds. The molecular formula is C12H16O4. The molecular weight excluding hydrogens is 208 g/mol. The Hall–Kier alpha value is -1.58. The Balaban J connectivity index is 3.25. The molecule has 0 bridgehead atoms. The number of esters is 2. The molecule has 0 fully saturated rings. The Labute approximate surface area is 94.9 Å². The van der Waals surface area contributed by atoms with E-state index in [2.05, 4.69) is 16.1 Å². The molecule has 0 aromatic rings. The maximum Gasteiger partial charge on any atom is 0.338 e. The molecule has 88 valence electrons. The normalized spacial score (nSPS) is 18.6. The van der Waals surface area contributed by atoms with Crippen molar-refractivity contribution in [2.45, 2.75) is 20.3 Å². The van der Waals surface area contributed by atoms with Gasteiger partial charge in [-0.05, 0) is 17.4 Å². The molecule has 0 saturated heterocycles. The van der Waals surface area contributed by atoms with Crippen molar-refractivity contribution in [1.29, 1.82) is 0 Å². The number of hydrogen-bond acceptors (Lipinski definition) is 4. The highest BCUT2D eigenvalue weighted by molar-refractivity contribution is 6.05. The second-order valence-electron chi connectivity index (χ2n) is 4.38. The van der Waals surface area contributed by atoms with Crippen LogP contribution in [0.25, 0.3) is 0 Å². The molecule has 0 atom stereocenters. The van der Waals surface area contributed by atoms with Crippen molar-refractivity contribution < 1.29 is 19.1 Å². The molecule has 1 rings (SSSR count). The van der Waals surface area contributed by atoms with Crippen molar-refractivity contribution in [1.82, 2.24) is 0 Å². The maximum atomic E-state index is 11.6. The van der Waals surface area contributed by atoms with Crippen LogP contribution in [0.2, 0.25) is 0 Å². The monoisotopic (exact) mass is 224 g/mol. The summed E-state index contributed by atoms with van der Waals surface area (Å²) in [6, 6.07) is 0.